The summed E-state index contributed by atoms with van der Waals surface area (Å²) in [7, 11) is 0. The number of ketones is 1. The van der Waals surface area contributed by atoms with Crippen molar-refractivity contribution in [3.63, 3.8) is 0 Å². The monoisotopic (exact) mass is 494 g/mol. The van der Waals surface area contributed by atoms with Crippen LogP contribution in [-0.4, -0.2) is 33.1 Å². The van der Waals surface area contributed by atoms with Crippen molar-refractivity contribution in [2.75, 3.05) is 0 Å². The number of hydrogen-bond donors (Lipinski definition) is 2. The van der Waals surface area contributed by atoms with Gasteiger partial charge in [0.15, 0.2) is 0 Å². The average Bonchev–Trinajstić information content (AvgIpc) is 3.20. The fourth-order valence-corrected chi connectivity index (χ4v) is 4.97. The molecule has 9 nitrogen and oxygen atoms in total. The Bertz CT molecular complexity index is 1410. The van der Waals surface area contributed by atoms with Gasteiger partial charge in [-0.15, -0.1) is 11.3 Å². The van der Waals surface area contributed by atoms with Crippen LogP contribution in [0.25, 0.3) is 10.9 Å². The van der Waals surface area contributed by atoms with E-state index in [1.54, 1.807) is 24.4 Å². The van der Waals surface area contributed by atoms with Gasteiger partial charge in [0.05, 0.1) is 22.3 Å². The minimum Gasteiger partial charge on any atom is -0.344 e. The Morgan fingerprint density at radius 3 is 2.49 bits per heavy atom. The Morgan fingerprint density at radius 2 is 1.86 bits per heavy atom. The maximum atomic E-state index is 13.1. The molecule has 1 saturated heterocycles. The number of piperidine rings is 1. The lowest BCUT2D eigenvalue weighted by Gasteiger charge is -2.24. The molecule has 10 heteroatoms. The lowest BCUT2D eigenvalue weighted by Crippen LogP contribution is -2.45. The first kappa shape index (κ1) is 24.5. The van der Waals surface area contributed by atoms with Gasteiger partial charge in [-0.2, -0.15) is 0 Å². The molecule has 4 rings (SSSR count). The molecule has 3 amide bonds. The van der Waals surface area contributed by atoms with Crippen molar-refractivity contribution in [1.82, 2.24) is 20.2 Å². The SMILES string of the molecule is Cc1nc2c(CNC(=O)C(=O)c3ccc(C(C)(C)C)cc3)scc2c(=O)n1C1CCC(=O)NC1=O. The first-order valence-electron chi connectivity index (χ1n) is 11.2. The van der Waals surface area contributed by atoms with Crippen LogP contribution in [0.3, 0.4) is 0 Å². The van der Waals surface area contributed by atoms with Gasteiger partial charge >= 0.3 is 0 Å². The van der Waals surface area contributed by atoms with E-state index < -0.39 is 23.6 Å². The highest BCUT2D eigenvalue weighted by Gasteiger charge is 2.31. The van der Waals surface area contributed by atoms with Crippen LogP contribution in [0.15, 0.2) is 34.4 Å². The summed E-state index contributed by atoms with van der Waals surface area (Å²) in [4.78, 5) is 67.1. The molecule has 1 aliphatic rings. The van der Waals surface area contributed by atoms with Crippen molar-refractivity contribution in [3.05, 3.63) is 61.8 Å². The second-order valence-electron chi connectivity index (χ2n) is 9.56. The number of imide groups is 1. The minimum atomic E-state index is -0.803. The van der Waals surface area contributed by atoms with Crippen LogP contribution < -0.4 is 16.2 Å². The molecule has 0 spiro atoms. The number of Topliss-reactive ketones (excluding diaryl/α,β-unsaturated/α-hetero) is 1. The van der Waals surface area contributed by atoms with Crippen molar-refractivity contribution in [1.29, 1.82) is 0 Å². The Hall–Kier alpha value is -3.66. The highest BCUT2D eigenvalue weighted by atomic mass is 32.1. The van der Waals surface area contributed by atoms with Crippen molar-refractivity contribution in [2.45, 2.75) is 58.5 Å². The zero-order valence-corrected chi connectivity index (χ0v) is 20.7. The number of carbonyl (C=O) groups excluding carboxylic acids is 4. The van der Waals surface area contributed by atoms with Gasteiger partial charge in [-0.25, -0.2) is 4.98 Å². The molecule has 1 aromatic carbocycles. The number of thiophene rings is 1. The van der Waals surface area contributed by atoms with Crippen LogP contribution in [-0.2, 0) is 26.3 Å². The molecular formula is C25H26N4O5S. The van der Waals surface area contributed by atoms with E-state index >= 15 is 0 Å². The fourth-order valence-electron chi connectivity index (χ4n) is 4.07. The number of hydrogen-bond acceptors (Lipinski definition) is 7. The largest absolute Gasteiger partial charge is 0.344 e. The molecule has 3 heterocycles. The van der Waals surface area contributed by atoms with E-state index in [1.165, 1.54) is 15.9 Å². The molecule has 0 aliphatic carbocycles. The molecule has 1 atom stereocenters. The third kappa shape index (κ3) is 4.79. The van der Waals surface area contributed by atoms with E-state index in [2.05, 4.69) is 36.4 Å². The lowest BCUT2D eigenvalue weighted by molar-refractivity contribution is -0.135. The van der Waals surface area contributed by atoms with Crippen molar-refractivity contribution in [3.8, 4) is 0 Å². The molecule has 182 valence electrons. The zero-order valence-electron chi connectivity index (χ0n) is 19.9. The van der Waals surface area contributed by atoms with Crippen LogP contribution in [0.2, 0.25) is 0 Å². The topological polar surface area (TPSA) is 127 Å². The van der Waals surface area contributed by atoms with Gasteiger partial charge in [0, 0.05) is 17.4 Å². The zero-order chi connectivity index (χ0) is 25.5. The first-order valence-corrected chi connectivity index (χ1v) is 12.1. The molecule has 1 unspecified atom stereocenters. The van der Waals surface area contributed by atoms with E-state index in [0.29, 0.717) is 27.2 Å². The summed E-state index contributed by atoms with van der Waals surface area (Å²) >= 11 is 1.24. The van der Waals surface area contributed by atoms with Gasteiger partial charge in [0.2, 0.25) is 17.6 Å². The third-order valence-electron chi connectivity index (χ3n) is 6.06. The van der Waals surface area contributed by atoms with E-state index in [0.717, 1.165) is 5.56 Å². The summed E-state index contributed by atoms with van der Waals surface area (Å²) in [6.45, 7) is 7.86. The predicted molar refractivity (Wildman–Crippen MR) is 131 cm³/mol. The molecule has 0 radical (unpaired) electrons. The standard InChI is InChI=1S/C25H26N4O5S/c1-13-27-20-16(24(34)29(13)17-9-10-19(30)28-22(17)32)12-35-18(20)11-26-23(33)21(31)14-5-7-15(8-6-14)25(2,3)4/h5-8,12,17H,9-11H2,1-4H3,(H,26,33)(H,28,30,32). The van der Waals surface area contributed by atoms with Gasteiger partial charge in [0.1, 0.15) is 11.9 Å². The number of fused-ring (bicyclic) bond motifs is 1. The fraction of sp³-hybridized carbons (Fsp3) is 0.360. The summed E-state index contributed by atoms with van der Waals surface area (Å²) in [6.07, 6.45) is 0.374. The number of nitrogens with zero attached hydrogens (tertiary/aromatic N) is 2. The Morgan fingerprint density at radius 1 is 1.17 bits per heavy atom. The van der Waals surface area contributed by atoms with Gasteiger partial charge in [-0.05, 0) is 24.3 Å². The molecule has 3 aromatic rings. The van der Waals surface area contributed by atoms with Crippen LogP contribution in [0.1, 0.15) is 66.3 Å². The smallest absolute Gasteiger partial charge is 0.292 e. The maximum absolute atomic E-state index is 13.1. The second kappa shape index (κ2) is 9.18. The van der Waals surface area contributed by atoms with Crippen molar-refractivity contribution in [2.24, 2.45) is 0 Å². The molecule has 1 fully saturated rings. The van der Waals surface area contributed by atoms with Crippen LogP contribution in [0.5, 0.6) is 0 Å². The molecule has 0 saturated carbocycles. The van der Waals surface area contributed by atoms with Crippen molar-refractivity contribution < 1.29 is 19.2 Å². The summed E-state index contributed by atoms with van der Waals surface area (Å²) < 4.78 is 1.31. The number of carbonyl (C=O) groups is 4. The van der Waals surface area contributed by atoms with Gasteiger partial charge in [-0.1, -0.05) is 45.0 Å². The summed E-state index contributed by atoms with van der Waals surface area (Å²) in [5.41, 5.74) is 1.33. The molecule has 1 aliphatic heterocycles. The van der Waals surface area contributed by atoms with Crippen LogP contribution in [0, 0.1) is 6.92 Å². The number of aryl methyl sites for hydroxylation is 1. The number of benzene rings is 1. The highest BCUT2D eigenvalue weighted by Crippen LogP contribution is 2.25. The second-order valence-corrected chi connectivity index (χ2v) is 10.5. The predicted octanol–water partition coefficient (Wildman–Crippen LogP) is 2.54. The first-order chi connectivity index (χ1) is 16.5. The van der Waals surface area contributed by atoms with Gasteiger partial charge in [0.25, 0.3) is 11.5 Å². The normalized spacial score (nSPS) is 16.3. The average molecular weight is 495 g/mol. The van der Waals surface area contributed by atoms with E-state index in [1.807, 2.05) is 12.1 Å². The molecule has 2 aromatic heterocycles. The summed E-state index contributed by atoms with van der Waals surface area (Å²) in [6, 6.07) is 6.17. The third-order valence-corrected chi connectivity index (χ3v) is 7.04. The summed E-state index contributed by atoms with van der Waals surface area (Å²) in [5, 5.41) is 6.83. The van der Waals surface area contributed by atoms with E-state index in [9.17, 15) is 24.0 Å². The number of rotatable bonds is 5. The Kier molecular flexibility index (Phi) is 6.42. The molecular weight excluding hydrogens is 468 g/mol. The quantitative estimate of drug-likeness (QED) is 0.319. The minimum absolute atomic E-state index is 0.0348. The Balaban J connectivity index is 1.52. The maximum Gasteiger partial charge on any atom is 0.292 e. The highest BCUT2D eigenvalue weighted by molar-refractivity contribution is 7.11. The Labute approximate surface area is 205 Å². The number of amides is 3. The molecule has 0 bridgehead atoms. The number of nitrogens with one attached hydrogen (secondary N) is 2. The molecule has 2 N–H and O–H groups in total. The van der Waals surface area contributed by atoms with Crippen LogP contribution >= 0.6 is 11.3 Å². The van der Waals surface area contributed by atoms with Crippen molar-refractivity contribution >= 4 is 45.7 Å². The van der Waals surface area contributed by atoms with Gasteiger partial charge in [-0.3, -0.25) is 33.9 Å². The summed E-state index contributed by atoms with van der Waals surface area (Å²) in [5.74, 6) is -1.94. The lowest BCUT2D eigenvalue weighted by atomic mass is 9.86. The molecule has 35 heavy (non-hydrogen) atoms. The van der Waals surface area contributed by atoms with E-state index in [-0.39, 0.29) is 36.3 Å². The van der Waals surface area contributed by atoms with Crippen LogP contribution in [0.4, 0.5) is 0 Å². The van der Waals surface area contributed by atoms with E-state index in [4.69, 9.17) is 0 Å². The van der Waals surface area contributed by atoms with Gasteiger partial charge < -0.3 is 5.32 Å². The number of aromatic nitrogens is 2.